The first kappa shape index (κ1) is 20.1. The number of hydrogen-bond acceptors (Lipinski definition) is 6. The minimum Gasteiger partial charge on any atom is -0.494 e. The molecule has 0 saturated heterocycles. The van der Waals surface area contributed by atoms with Crippen molar-refractivity contribution in [3.8, 4) is 17.1 Å². The third kappa shape index (κ3) is 4.11. The lowest BCUT2D eigenvalue weighted by molar-refractivity contribution is 0.0997. The first-order valence-electron chi connectivity index (χ1n) is 9.37. The Kier molecular flexibility index (Phi) is 5.40. The second-order valence-electron chi connectivity index (χ2n) is 6.55. The number of pyridine rings is 1. The predicted molar refractivity (Wildman–Crippen MR) is 112 cm³/mol. The van der Waals surface area contributed by atoms with Crippen LogP contribution < -0.4 is 15.8 Å². The van der Waals surface area contributed by atoms with Gasteiger partial charge in [-0.15, -0.1) is 0 Å². The van der Waals surface area contributed by atoms with Gasteiger partial charge in [-0.25, -0.2) is 18.7 Å². The Hall–Kier alpha value is -4.14. The van der Waals surface area contributed by atoms with E-state index in [1.807, 2.05) is 6.92 Å². The molecule has 2 heterocycles. The number of rotatable bonds is 6. The zero-order valence-corrected chi connectivity index (χ0v) is 16.4. The van der Waals surface area contributed by atoms with Crippen LogP contribution in [0.2, 0.25) is 0 Å². The summed E-state index contributed by atoms with van der Waals surface area (Å²) in [5.41, 5.74) is 5.88. The van der Waals surface area contributed by atoms with Crippen LogP contribution in [0.15, 0.2) is 54.9 Å². The van der Waals surface area contributed by atoms with Crippen molar-refractivity contribution in [3.05, 3.63) is 72.1 Å². The van der Waals surface area contributed by atoms with Gasteiger partial charge >= 0.3 is 0 Å². The van der Waals surface area contributed by atoms with Gasteiger partial charge in [0.2, 0.25) is 0 Å². The Morgan fingerprint density at radius 1 is 1.16 bits per heavy atom. The standard InChI is InChI=1S/C22H17F2N5O2/c1-2-31-14-5-6-17-15(10-14)22(29-21(27-17)12-4-3-7-26-11-12)28-18-9-13(23)8-16(24)19(18)20(25)30/h3-11H,2H2,1H3,(H2,25,30)(H,27,28,29). The van der Waals surface area contributed by atoms with Crippen molar-refractivity contribution < 1.29 is 18.3 Å². The molecule has 2 aromatic carbocycles. The Bertz CT molecular complexity index is 1280. The second-order valence-corrected chi connectivity index (χ2v) is 6.55. The number of aromatic nitrogens is 3. The maximum Gasteiger partial charge on any atom is 0.253 e. The molecule has 9 heteroatoms. The van der Waals surface area contributed by atoms with E-state index in [0.29, 0.717) is 40.7 Å². The fourth-order valence-electron chi connectivity index (χ4n) is 3.13. The number of nitrogens with two attached hydrogens (primary N) is 1. The Morgan fingerprint density at radius 3 is 2.71 bits per heavy atom. The number of carbonyl (C=O) groups is 1. The van der Waals surface area contributed by atoms with Crippen LogP contribution in [0.3, 0.4) is 0 Å². The van der Waals surface area contributed by atoms with E-state index in [0.717, 1.165) is 6.07 Å². The minimum atomic E-state index is -1.07. The summed E-state index contributed by atoms with van der Waals surface area (Å²) in [5, 5.41) is 3.38. The number of benzene rings is 2. The van der Waals surface area contributed by atoms with Gasteiger partial charge in [-0.3, -0.25) is 9.78 Å². The molecule has 7 nitrogen and oxygen atoms in total. The largest absolute Gasteiger partial charge is 0.494 e. The van der Waals surface area contributed by atoms with E-state index >= 15 is 0 Å². The van der Waals surface area contributed by atoms with Gasteiger partial charge in [0, 0.05) is 29.4 Å². The fourth-order valence-corrected chi connectivity index (χ4v) is 3.13. The predicted octanol–water partition coefficient (Wildman–Crippen LogP) is 4.21. The van der Waals surface area contributed by atoms with E-state index in [1.165, 1.54) is 0 Å². The van der Waals surface area contributed by atoms with Crippen LogP contribution in [0.1, 0.15) is 17.3 Å². The quantitative estimate of drug-likeness (QED) is 0.483. The molecule has 0 aliphatic carbocycles. The monoisotopic (exact) mass is 421 g/mol. The number of carbonyl (C=O) groups excluding carboxylic acids is 1. The molecule has 0 aliphatic rings. The van der Waals surface area contributed by atoms with Gasteiger partial charge in [0.25, 0.3) is 5.91 Å². The van der Waals surface area contributed by atoms with Crippen LogP contribution in [0.25, 0.3) is 22.3 Å². The number of fused-ring (bicyclic) bond motifs is 1. The van der Waals surface area contributed by atoms with E-state index in [1.54, 1.807) is 42.7 Å². The summed E-state index contributed by atoms with van der Waals surface area (Å²) in [6, 6.07) is 10.3. The average Bonchev–Trinajstić information content (AvgIpc) is 2.74. The summed E-state index contributed by atoms with van der Waals surface area (Å²) >= 11 is 0. The van der Waals surface area contributed by atoms with Gasteiger partial charge in [-0.2, -0.15) is 0 Å². The van der Waals surface area contributed by atoms with Crippen molar-refractivity contribution in [3.63, 3.8) is 0 Å². The highest BCUT2D eigenvalue weighted by Crippen LogP contribution is 2.32. The topological polar surface area (TPSA) is 103 Å². The number of primary amides is 1. The average molecular weight is 421 g/mol. The summed E-state index contributed by atoms with van der Waals surface area (Å²) in [5.74, 6) is -1.86. The molecule has 0 spiro atoms. The van der Waals surface area contributed by atoms with Crippen molar-refractivity contribution in [1.82, 2.24) is 15.0 Å². The van der Waals surface area contributed by atoms with E-state index in [2.05, 4.69) is 20.3 Å². The van der Waals surface area contributed by atoms with Gasteiger partial charge in [0.1, 0.15) is 23.2 Å². The number of ether oxygens (including phenoxy) is 1. The molecule has 0 radical (unpaired) electrons. The number of amides is 1. The zero-order valence-electron chi connectivity index (χ0n) is 16.4. The maximum absolute atomic E-state index is 14.2. The molecule has 1 amide bonds. The van der Waals surface area contributed by atoms with E-state index in [-0.39, 0.29) is 11.5 Å². The SMILES string of the molecule is CCOc1ccc2nc(-c3cccnc3)nc(Nc3cc(F)cc(F)c3C(N)=O)c2c1. The summed E-state index contributed by atoms with van der Waals surface area (Å²) in [7, 11) is 0. The van der Waals surface area contributed by atoms with Crippen molar-refractivity contribution in [2.45, 2.75) is 6.92 Å². The zero-order chi connectivity index (χ0) is 22.0. The van der Waals surface area contributed by atoms with Crippen LogP contribution in [-0.4, -0.2) is 27.5 Å². The molecule has 0 unspecified atom stereocenters. The van der Waals surface area contributed by atoms with E-state index < -0.39 is 23.1 Å². The molecule has 0 aliphatic heterocycles. The Morgan fingerprint density at radius 2 is 2.00 bits per heavy atom. The number of halogens is 2. The van der Waals surface area contributed by atoms with Crippen molar-refractivity contribution in [2.75, 3.05) is 11.9 Å². The number of hydrogen-bond donors (Lipinski definition) is 2. The third-order valence-electron chi connectivity index (χ3n) is 4.45. The molecule has 156 valence electrons. The lowest BCUT2D eigenvalue weighted by atomic mass is 10.1. The highest BCUT2D eigenvalue weighted by Gasteiger charge is 2.19. The van der Waals surface area contributed by atoms with Crippen molar-refractivity contribution in [2.24, 2.45) is 5.73 Å². The number of nitrogens with one attached hydrogen (secondary N) is 1. The molecular weight excluding hydrogens is 404 g/mol. The molecule has 4 aromatic rings. The lowest BCUT2D eigenvalue weighted by Gasteiger charge is -2.14. The van der Waals surface area contributed by atoms with Crippen molar-refractivity contribution in [1.29, 1.82) is 0 Å². The van der Waals surface area contributed by atoms with Gasteiger partial charge in [0.05, 0.1) is 23.4 Å². The highest BCUT2D eigenvalue weighted by atomic mass is 19.1. The van der Waals surface area contributed by atoms with Crippen LogP contribution in [0.4, 0.5) is 20.3 Å². The van der Waals surface area contributed by atoms with Crippen LogP contribution in [0.5, 0.6) is 5.75 Å². The smallest absolute Gasteiger partial charge is 0.253 e. The molecule has 0 bridgehead atoms. The molecule has 0 fully saturated rings. The molecule has 4 rings (SSSR count). The summed E-state index contributed by atoms with van der Waals surface area (Å²) in [6.07, 6.45) is 3.21. The fraction of sp³-hybridized carbons (Fsp3) is 0.0909. The van der Waals surface area contributed by atoms with Gasteiger partial charge < -0.3 is 15.8 Å². The van der Waals surface area contributed by atoms with Gasteiger partial charge in [-0.05, 0) is 43.3 Å². The molecule has 0 atom stereocenters. The Balaban J connectivity index is 1.93. The first-order chi connectivity index (χ1) is 15.0. The van der Waals surface area contributed by atoms with Crippen molar-refractivity contribution >= 4 is 28.3 Å². The Labute approximate surface area is 175 Å². The van der Waals surface area contributed by atoms with E-state index in [4.69, 9.17) is 10.5 Å². The lowest BCUT2D eigenvalue weighted by Crippen LogP contribution is -2.16. The van der Waals surface area contributed by atoms with Crippen LogP contribution >= 0.6 is 0 Å². The van der Waals surface area contributed by atoms with E-state index in [9.17, 15) is 13.6 Å². The molecule has 0 saturated carbocycles. The van der Waals surface area contributed by atoms with Crippen LogP contribution in [-0.2, 0) is 0 Å². The maximum atomic E-state index is 14.2. The molecule has 2 aromatic heterocycles. The normalized spacial score (nSPS) is 10.8. The number of nitrogens with zero attached hydrogens (tertiary/aromatic N) is 3. The number of anilines is 2. The molecule has 3 N–H and O–H groups in total. The van der Waals surface area contributed by atoms with Gasteiger partial charge in [-0.1, -0.05) is 0 Å². The van der Waals surface area contributed by atoms with Crippen LogP contribution in [0, 0.1) is 11.6 Å². The summed E-state index contributed by atoms with van der Waals surface area (Å²) in [6.45, 7) is 2.30. The molecule has 31 heavy (non-hydrogen) atoms. The van der Waals surface area contributed by atoms with Gasteiger partial charge in [0.15, 0.2) is 5.82 Å². The third-order valence-corrected chi connectivity index (χ3v) is 4.45. The molecular formula is C22H17F2N5O2. The first-order valence-corrected chi connectivity index (χ1v) is 9.37. The highest BCUT2D eigenvalue weighted by molar-refractivity contribution is 6.01. The summed E-state index contributed by atoms with van der Waals surface area (Å²) in [4.78, 5) is 24.9. The second kappa shape index (κ2) is 8.31. The minimum absolute atomic E-state index is 0.149. The summed E-state index contributed by atoms with van der Waals surface area (Å²) < 4.78 is 33.7.